The van der Waals surface area contributed by atoms with Gasteiger partial charge in [0.2, 0.25) is 11.8 Å². The van der Waals surface area contributed by atoms with E-state index in [1.807, 2.05) is 20.0 Å². The molecule has 3 amide bonds. The van der Waals surface area contributed by atoms with Crippen molar-refractivity contribution < 1.29 is 14.4 Å². The summed E-state index contributed by atoms with van der Waals surface area (Å²) in [6, 6.07) is 6.52. The van der Waals surface area contributed by atoms with Gasteiger partial charge in [-0.15, -0.1) is 5.10 Å². The van der Waals surface area contributed by atoms with Gasteiger partial charge >= 0.3 is 0 Å². The van der Waals surface area contributed by atoms with Crippen LogP contribution in [-0.4, -0.2) is 51.8 Å². The number of anilines is 1. The number of rotatable bonds is 10. The van der Waals surface area contributed by atoms with E-state index in [0.29, 0.717) is 43.6 Å². The van der Waals surface area contributed by atoms with E-state index in [1.165, 1.54) is 0 Å². The van der Waals surface area contributed by atoms with Gasteiger partial charge in [-0.25, -0.2) is 4.68 Å². The molecule has 2 aromatic rings. The Morgan fingerprint density at radius 1 is 1.18 bits per heavy atom. The zero-order valence-electron chi connectivity index (χ0n) is 19.2. The minimum Gasteiger partial charge on any atom is -0.398 e. The van der Waals surface area contributed by atoms with Crippen molar-refractivity contribution in [1.29, 1.82) is 0 Å². The SMILES string of the molecule is CCNC(=O)[C@@H](CC)NC(=O)C1CCC(n2cc(CCNC(=O)c3ccccc3N)nn2)C1. The Morgan fingerprint density at radius 2 is 1.97 bits per heavy atom. The smallest absolute Gasteiger partial charge is 0.253 e. The van der Waals surface area contributed by atoms with Crippen molar-refractivity contribution in [2.45, 2.75) is 58.0 Å². The van der Waals surface area contributed by atoms with Crippen LogP contribution < -0.4 is 21.7 Å². The molecule has 1 saturated carbocycles. The Morgan fingerprint density at radius 3 is 2.70 bits per heavy atom. The summed E-state index contributed by atoms with van der Waals surface area (Å²) in [7, 11) is 0. The fourth-order valence-electron chi connectivity index (χ4n) is 4.09. The van der Waals surface area contributed by atoms with E-state index in [-0.39, 0.29) is 29.7 Å². The van der Waals surface area contributed by atoms with Crippen LogP contribution in [0, 0.1) is 5.92 Å². The molecule has 0 spiro atoms. The highest BCUT2D eigenvalue weighted by Gasteiger charge is 2.33. The number of hydrogen-bond donors (Lipinski definition) is 4. The molecule has 3 rings (SSSR count). The van der Waals surface area contributed by atoms with E-state index < -0.39 is 6.04 Å². The Kier molecular flexibility index (Phi) is 8.39. The summed E-state index contributed by atoms with van der Waals surface area (Å²) in [6.45, 7) is 4.69. The standard InChI is InChI=1S/C23H33N7O3/c1-3-20(23(33)25-4-2)27-21(31)15-9-10-17(13-15)30-14-16(28-29-30)11-12-26-22(32)18-7-5-6-8-19(18)24/h5-8,14-15,17,20H,3-4,9-13,24H2,1-2H3,(H,25,33)(H,26,32)(H,27,31)/t15?,17?,20-/m1/s1. The molecule has 2 unspecified atom stereocenters. The quantitative estimate of drug-likeness (QED) is 0.396. The minimum absolute atomic E-state index is 0.0844. The van der Waals surface area contributed by atoms with E-state index in [1.54, 1.807) is 28.9 Å². The molecule has 1 aliphatic rings. The number of nitrogens with zero attached hydrogens (tertiary/aromatic N) is 3. The molecule has 1 fully saturated rings. The summed E-state index contributed by atoms with van der Waals surface area (Å²) in [5.74, 6) is -0.602. The zero-order chi connectivity index (χ0) is 23.8. The molecule has 1 aromatic heterocycles. The molecule has 10 heteroatoms. The fourth-order valence-corrected chi connectivity index (χ4v) is 4.09. The number of hydrogen-bond acceptors (Lipinski definition) is 6. The number of carbonyl (C=O) groups is 3. The number of nitrogens with two attached hydrogens (primary N) is 1. The van der Waals surface area contributed by atoms with E-state index in [2.05, 4.69) is 26.3 Å². The first-order valence-corrected chi connectivity index (χ1v) is 11.5. The largest absolute Gasteiger partial charge is 0.398 e. The number of carbonyl (C=O) groups excluding carboxylic acids is 3. The summed E-state index contributed by atoms with van der Waals surface area (Å²) in [4.78, 5) is 37.0. The summed E-state index contributed by atoms with van der Waals surface area (Å²) in [6.07, 6.45) is 5.18. The predicted molar refractivity (Wildman–Crippen MR) is 124 cm³/mol. The van der Waals surface area contributed by atoms with Crippen molar-refractivity contribution in [2.24, 2.45) is 5.92 Å². The van der Waals surface area contributed by atoms with Crippen LogP contribution in [0.1, 0.15) is 61.6 Å². The molecule has 33 heavy (non-hydrogen) atoms. The summed E-state index contributed by atoms with van der Waals surface area (Å²) in [5, 5.41) is 16.9. The van der Waals surface area contributed by atoms with Crippen LogP contribution in [-0.2, 0) is 16.0 Å². The third-order valence-corrected chi connectivity index (χ3v) is 5.97. The van der Waals surface area contributed by atoms with Gasteiger partial charge in [-0.1, -0.05) is 24.3 Å². The van der Waals surface area contributed by atoms with Crippen molar-refractivity contribution in [3.63, 3.8) is 0 Å². The topological polar surface area (TPSA) is 144 Å². The summed E-state index contributed by atoms with van der Waals surface area (Å²) >= 11 is 0. The molecular formula is C23H33N7O3. The first-order valence-electron chi connectivity index (χ1n) is 11.5. The second-order valence-corrected chi connectivity index (χ2v) is 8.31. The molecule has 1 aromatic carbocycles. The Balaban J connectivity index is 1.47. The first-order chi connectivity index (χ1) is 15.9. The number of amides is 3. The van der Waals surface area contributed by atoms with Crippen molar-refractivity contribution in [2.75, 3.05) is 18.8 Å². The highest BCUT2D eigenvalue weighted by Crippen LogP contribution is 2.34. The fraction of sp³-hybridized carbons (Fsp3) is 0.522. The maximum absolute atomic E-state index is 12.7. The van der Waals surface area contributed by atoms with Crippen molar-refractivity contribution >= 4 is 23.4 Å². The van der Waals surface area contributed by atoms with E-state index >= 15 is 0 Å². The molecule has 10 nitrogen and oxygen atoms in total. The summed E-state index contributed by atoms with van der Waals surface area (Å²) < 4.78 is 1.81. The average molecular weight is 456 g/mol. The van der Waals surface area contributed by atoms with Gasteiger partial charge < -0.3 is 21.7 Å². The molecule has 1 heterocycles. The van der Waals surface area contributed by atoms with Crippen LogP contribution in [0.3, 0.4) is 0 Å². The number of likely N-dealkylation sites (N-methyl/N-ethyl adjacent to an activating group) is 1. The summed E-state index contributed by atoms with van der Waals surface area (Å²) in [5.41, 5.74) is 7.50. The van der Waals surface area contributed by atoms with Gasteiger partial charge in [0.25, 0.3) is 5.91 Å². The van der Waals surface area contributed by atoms with Gasteiger partial charge in [0, 0.05) is 37.3 Å². The van der Waals surface area contributed by atoms with Gasteiger partial charge in [-0.05, 0) is 44.7 Å². The molecule has 1 aliphatic carbocycles. The monoisotopic (exact) mass is 455 g/mol. The molecule has 0 saturated heterocycles. The van der Waals surface area contributed by atoms with Crippen LogP contribution in [0.4, 0.5) is 5.69 Å². The molecule has 0 bridgehead atoms. The normalized spacial score (nSPS) is 18.5. The maximum Gasteiger partial charge on any atom is 0.253 e. The van der Waals surface area contributed by atoms with Gasteiger partial charge in [-0.2, -0.15) is 0 Å². The lowest BCUT2D eigenvalue weighted by Crippen LogP contribution is -2.47. The van der Waals surface area contributed by atoms with Gasteiger partial charge in [0.15, 0.2) is 0 Å². The second-order valence-electron chi connectivity index (χ2n) is 8.31. The molecule has 3 atom stereocenters. The number of para-hydroxylation sites is 1. The van der Waals surface area contributed by atoms with Crippen LogP contribution in [0.25, 0.3) is 0 Å². The third-order valence-electron chi connectivity index (χ3n) is 5.97. The minimum atomic E-state index is -0.504. The van der Waals surface area contributed by atoms with Crippen molar-refractivity contribution in [3.05, 3.63) is 41.7 Å². The predicted octanol–water partition coefficient (Wildman–Crippen LogP) is 1.20. The van der Waals surface area contributed by atoms with Crippen LogP contribution in [0.15, 0.2) is 30.5 Å². The molecule has 5 N–H and O–H groups in total. The van der Waals surface area contributed by atoms with Gasteiger partial charge in [0.1, 0.15) is 6.04 Å². The molecular weight excluding hydrogens is 422 g/mol. The lowest BCUT2D eigenvalue weighted by Gasteiger charge is -2.19. The average Bonchev–Trinajstić information content (AvgIpc) is 3.47. The van der Waals surface area contributed by atoms with Crippen LogP contribution in [0.5, 0.6) is 0 Å². The zero-order valence-corrected chi connectivity index (χ0v) is 19.2. The third kappa shape index (κ3) is 6.30. The molecule has 0 aliphatic heterocycles. The Labute approximate surface area is 193 Å². The maximum atomic E-state index is 12.7. The second kappa shape index (κ2) is 11.4. The number of nitrogens with one attached hydrogen (secondary N) is 3. The van der Waals surface area contributed by atoms with Crippen molar-refractivity contribution in [1.82, 2.24) is 30.9 Å². The van der Waals surface area contributed by atoms with Crippen molar-refractivity contribution in [3.8, 4) is 0 Å². The van der Waals surface area contributed by atoms with Gasteiger partial charge in [0.05, 0.1) is 17.3 Å². The lowest BCUT2D eigenvalue weighted by atomic mass is 10.1. The lowest BCUT2D eigenvalue weighted by molar-refractivity contribution is -0.131. The number of benzene rings is 1. The Hall–Kier alpha value is -3.43. The van der Waals surface area contributed by atoms with Gasteiger partial charge in [-0.3, -0.25) is 14.4 Å². The van der Waals surface area contributed by atoms with Crippen LogP contribution in [0.2, 0.25) is 0 Å². The molecule has 178 valence electrons. The number of aromatic nitrogens is 3. The highest BCUT2D eigenvalue weighted by molar-refractivity contribution is 5.99. The van der Waals surface area contributed by atoms with Crippen LogP contribution >= 0.6 is 0 Å². The first kappa shape index (κ1) is 24.2. The highest BCUT2D eigenvalue weighted by atomic mass is 16.2. The van der Waals surface area contributed by atoms with E-state index in [4.69, 9.17) is 5.73 Å². The number of nitrogen functional groups attached to an aromatic ring is 1. The van der Waals surface area contributed by atoms with E-state index in [0.717, 1.165) is 18.5 Å². The Bertz CT molecular complexity index is 974. The van der Waals surface area contributed by atoms with E-state index in [9.17, 15) is 14.4 Å². The molecule has 0 radical (unpaired) electrons.